The Kier molecular flexibility index (Phi) is 4.66. The topological polar surface area (TPSA) is 53.5 Å². The lowest BCUT2D eigenvalue weighted by atomic mass is 10.1. The zero-order valence-corrected chi connectivity index (χ0v) is 12.7. The minimum Gasteiger partial charge on any atom is -0.370 e. The molecular formula is C18H18FN3O. The van der Waals surface area contributed by atoms with Crippen LogP contribution in [0.15, 0.2) is 53.5 Å². The van der Waals surface area contributed by atoms with Gasteiger partial charge in [0.05, 0.1) is 6.54 Å². The molecule has 0 fully saturated rings. The predicted octanol–water partition coefficient (Wildman–Crippen LogP) is 2.50. The van der Waals surface area contributed by atoms with Crippen LogP contribution in [0.2, 0.25) is 0 Å². The Labute approximate surface area is 134 Å². The van der Waals surface area contributed by atoms with Crippen molar-refractivity contribution in [3.05, 3.63) is 71.0 Å². The Balaban J connectivity index is 1.39. The van der Waals surface area contributed by atoms with Crippen molar-refractivity contribution in [1.82, 2.24) is 10.6 Å². The summed E-state index contributed by atoms with van der Waals surface area (Å²) < 4.78 is 12.8. The van der Waals surface area contributed by atoms with Crippen LogP contribution in [0, 0.1) is 5.82 Å². The summed E-state index contributed by atoms with van der Waals surface area (Å²) in [4.78, 5) is 16.3. The van der Waals surface area contributed by atoms with E-state index in [1.807, 2.05) is 12.1 Å². The number of fused-ring (bicyclic) bond motifs is 1. The summed E-state index contributed by atoms with van der Waals surface area (Å²) >= 11 is 0. The normalized spacial score (nSPS) is 12.5. The van der Waals surface area contributed by atoms with Gasteiger partial charge in [0.1, 0.15) is 11.7 Å². The smallest absolute Gasteiger partial charge is 0.251 e. The Bertz CT molecular complexity index is 725. The molecule has 118 valence electrons. The van der Waals surface area contributed by atoms with Crippen molar-refractivity contribution >= 4 is 11.7 Å². The van der Waals surface area contributed by atoms with E-state index in [2.05, 4.69) is 27.8 Å². The summed E-state index contributed by atoms with van der Waals surface area (Å²) in [6.45, 7) is 2.01. The number of nitrogens with one attached hydrogen (secondary N) is 2. The maximum atomic E-state index is 12.8. The molecule has 23 heavy (non-hydrogen) atoms. The number of rotatable bonds is 5. The Morgan fingerprint density at radius 1 is 1.09 bits per heavy atom. The molecule has 0 aliphatic carbocycles. The number of halogens is 1. The van der Waals surface area contributed by atoms with Crippen LogP contribution in [0.4, 0.5) is 4.39 Å². The highest BCUT2D eigenvalue weighted by Crippen LogP contribution is 2.16. The van der Waals surface area contributed by atoms with Gasteiger partial charge in [-0.05, 0) is 36.2 Å². The molecule has 0 atom stereocenters. The zero-order chi connectivity index (χ0) is 16.1. The summed E-state index contributed by atoms with van der Waals surface area (Å²) in [5, 5.41) is 6.13. The third kappa shape index (κ3) is 3.74. The molecule has 5 heteroatoms. The molecular weight excluding hydrogens is 293 g/mol. The van der Waals surface area contributed by atoms with Gasteiger partial charge in [0.2, 0.25) is 0 Å². The molecule has 0 saturated heterocycles. The molecule has 0 unspecified atom stereocenters. The number of hydrogen-bond donors (Lipinski definition) is 2. The molecule has 0 bridgehead atoms. The van der Waals surface area contributed by atoms with Gasteiger partial charge < -0.3 is 10.6 Å². The Hall–Kier alpha value is -2.69. The van der Waals surface area contributed by atoms with Crippen LogP contribution in [0.1, 0.15) is 27.9 Å². The number of nitrogens with zero attached hydrogens (tertiary/aromatic N) is 1. The fourth-order valence-electron chi connectivity index (χ4n) is 2.49. The van der Waals surface area contributed by atoms with Gasteiger partial charge in [-0.3, -0.25) is 9.79 Å². The summed E-state index contributed by atoms with van der Waals surface area (Å²) in [7, 11) is 0. The first-order valence-corrected chi connectivity index (χ1v) is 7.64. The lowest BCUT2D eigenvalue weighted by Gasteiger charge is -2.08. The number of carbonyl (C=O) groups excluding carboxylic acids is 1. The third-order valence-electron chi connectivity index (χ3n) is 3.72. The summed E-state index contributed by atoms with van der Waals surface area (Å²) in [6.07, 6.45) is 0.786. The van der Waals surface area contributed by atoms with E-state index in [0.29, 0.717) is 12.1 Å². The monoisotopic (exact) mass is 311 g/mol. The van der Waals surface area contributed by atoms with Crippen molar-refractivity contribution in [1.29, 1.82) is 0 Å². The van der Waals surface area contributed by atoms with Crippen LogP contribution in [0.5, 0.6) is 0 Å². The van der Waals surface area contributed by atoms with Gasteiger partial charge in [0.25, 0.3) is 5.91 Å². The average Bonchev–Trinajstić information content (AvgIpc) is 2.98. The zero-order valence-electron chi connectivity index (χ0n) is 12.7. The van der Waals surface area contributed by atoms with Crippen molar-refractivity contribution < 1.29 is 9.18 Å². The predicted molar refractivity (Wildman–Crippen MR) is 88.0 cm³/mol. The van der Waals surface area contributed by atoms with E-state index in [0.717, 1.165) is 30.9 Å². The van der Waals surface area contributed by atoms with E-state index in [9.17, 15) is 9.18 Å². The second kappa shape index (κ2) is 7.05. The van der Waals surface area contributed by atoms with Gasteiger partial charge in [-0.2, -0.15) is 0 Å². The number of aliphatic imine (C=N–C) groups is 1. The molecule has 0 spiro atoms. The van der Waals surface area contributed by atoms with Crippen LogP contribution in [-0.2, 0) is 6.54 Å². The number of amides is 1. The maximum Gasteiger partial charge on any atom is 0.251 e. The molecule has 1 aliphatic rings. The largest absolute Gasteiger partial charge is 0.370 e. The molecule has 1 aliphatic heterocycles. The standard InChI is InChI=1S/C18H18FN3O/c19-15-8-6-13(7-9-15)18(23)21-11-3-10-20-17-16-5-2-1-4-14(16)12-22-17/h1-2,4-9H,3,10-12H2,(H,20,22)(H,21,23). The number of carbonyl (C=O) groups is 1. The highest BCUT2D eigenvalue weighted by molar-refractivity contribution is 6.01. The number of hydrogen-bond acceptors (Lipinski definition) is 3. The minimum atomic E-state index is -0.344. The fourth-order valence-corrected chi connectivity index (χ4v) is 2.49. The van der Waals surface area contributed by atoms with E-state index in [1.54, 1.807) is 0 Å². The van der Waals surface area contributed by atoms with Crippen molar-refractivity contribution in [3.63, 3.8) is 0 Å². The van der Waals surface area contributed by atoms with Crippen LogP contribution in [0.3, 0.4) is 0 Å². The number of benzene rings is 2. The lowest BCUT2D eigenvalue weighted by Crippen LogP contribution is -2.29. The van der Waals surface area contributed by atoms with Gasteiger partial charge in [-0.25, -0.2) is 4.39 Å². The summed E-state index contributed by atoms with van der Waals surface area (Å²) in [6, 6.07) is 13.7. The molecule has 4 nitrogen and oxygen atoms in total. The Morgan fingerprint density at radius 2 is 1.87 bits per heavy atom. The molecule has 1 amide bonds. The van der Waals surface area contributed by atoms with Gasteiger partial charge in [0, 0.05) is 24.2 Å². The molecule has 3 rings (SSSR count). The van der Waals surface area contributed by atoms with Gasteiger partial charge in [0.15, 0.2) is 0 Å². The van der Waals surface area contributed by atoms with Crippen molar-refractivity contribution in [2.45, 2.75) is 13.0 Å². The molecule has 0 radical (unpaired) electrons. The van der Waals surface area contributed by atoms with E-state index < -0.39 is 0 Å². The maximum absolute atomic E-state index is 12.8. The Morgan fingerprint density at radius 3 is 2.70 bits per heavy atom. The van der Waals surface area contributed by atoms with Gasteiger partial charge in [-0.1, -0.05) is 24.3 Å². The van der Waals surface area contributed by atoms with E-state index in [4.69, 9.17) is 0 Å². The molecule has 2 N–H and O–H groups in total. The summed E-state index contributed by atoms with van der Waals surface area (Å²) in [5.41, 5.74) is 2.86. The van der Waals surface area contributed by atoms with Crippen molar-refractivity contribution in [2.24, 2.45) is 4.99 Å². The first-order chi connectivity index (χ1) is 11.2. The molecule has 1 heterocycles. The quantitative estimate of drug-likeness (QED) is 0.834. The third-order valence-corrected chi connectivity index (χ3v) is 3.72. The molecule has 0 saturated carbocycles. The lowest BCUT2D eigenvalue weighted by molar-refractivity contribution is 0.0953. The second-order valence-corrected chi connectivity index (χ2v) is 5.37. The first-order valence-electron chi connectivity index (χ1n) is 7.64. The van der Waals surface area contributed by atoms with Gasteiger partial charge >= 0.3 is 0 Å². The van der Waals surface area contributed by atoms with E-state index in [1.165, 1.54) is 29.8 Å². The van der Waals surface area contributed by atoms with Crippen molar-refractivity contribution in [2.75, 3.05) is 13.1 Å². The van der Waals surface area contributed by atoms with E-state index >= 15 is 0 Å². The second-order valence-electron chi connectivity index (χ2n) is 5.37. The average molecular weight is 311 g/mol. The summed E-state index contributed by atoms with van der Waals surface area (Å²) in [5.74, 6) is 0.391. The van der Waals surface area contributed by atoms with Gasteiger partial charge in [-0.15, -0.1) is 0 Å². The first kappa shape index (κ1) is 15.2. The van der Waals surface area contributed by atoms with Crippen LogP contribution >= 0.6 is 0 Å². The minimum absolute atomic E-state index is 0.187. The highest BCUT2D eigenvalue weighted by Gasteiger charge is 2.13. The molecule has 2 aromatic carbocycles. The molecule has 0 aromatic heterocycles. The van der Waals surface area contributed by atoms with E-state index in [-0.39, 0.29) is 11.7 Å². The molecule has 2 aromatic rings. The SMILES string of the molecule is O=C(NCCCNC1=NCc2ccccc21)c1ccc(F)cc1. The number of amidine groups is 1. The van der Waals surface area contributed by atoms with Crippen LogP contribution in [0.25, 0.3) is 0 Å². The fraction of sp³-hybridized carbons (Fsp3) is 0.222. The van der Waals surface area contributed by atoms with Crippen LogP contribution in [-0.4, -0.2) is 24.8 Å². The van der Waals surface area contributed by atoms with Crippen LogP contribution < -0.4 is 10.6 Å². The highest BCUT2D eigenvalue weighted by atomic mass is 19.1. The van der Waals surface area contributed by atoms with Crippen molar-refractivity contribution in [3.8, 4) is 0 Å².